The number of carboxylic acid groups (broad SMARTS) is 1. The Labute approximate surface area is 235 Å². The number of hydrogen-bond donors (Lipinski definition) is 1. The van der Waals surface area contributed by atoms with Crippen molar-refractivity contribution >= 4 is 11.9 Å². The molecule has 1 unspecified atom stereocenters. The molecule has 0 aliphatic heterocycles. The van der Waals surface area contributed by atoms with Gasteiger partial charge in [-0.2, -0.15) is 0 Å². The van der Waals surface area contributed by atoms with Crippen molar-refractivity contribution in [3.05, 3.63) is 36.5 Å². The van der Waals surface area contributed by atoms with E-state index in [2.05, 4.69) is 50.3 Å². The number of rotatable bonds is 28. The standard InChI is InChI=1S/C34H60O4/c1-3-5-7-9-11-13-14-15-16-17-18-19-21-23-25-31-34(37)38-32(29-26-27-30-33(35)36)28-24-22-20-12-10-8-6-4-2/h5,7,11,13,15-16,32H,3-4,6,8-10,12,14,17-31H2,1-2H3,(H,35,36)/b7-5-,13-11-,16-15-. The van der Waals surface area contributed by atoms with Crippen LogP contribution in [0.25, 0.3) is 0 Å². The Morgan fingerprint density at radius 1 is 0.605 bits per heavy atom. The molecule has 1 N–H and O–H groups in total. The second-order valence-electron chi connectivity index (χ2n) is 10.6. The van der Waals surface area contributed by atoms with Gasteiger partial charge in [-0.3, -0.25) is 9.59 Å². The van der Waals surface area contributed by atoms with Crippen LogP contribution in [0, 0.1) is 0 Å². The highest BCUT2D eigenvalue weighted by Crippen LogP contribution is 2.18. The van der Waals surface area contributed by atoms with E-state index in [1.165, 1.54) is 64.2 Å². The fourth-order valence-electron chi connectivity index (χ4n) is 4.55. The van der Waals surface area contributed by atoms with Crippen LogP contribution < -0.4 is 0 Å². The molecule has 0 radical (unpaired) electrons. The third-order valence-corrected chi connectivity index (χ3v) is 6.88. The number of aliphatic carboxylic acids is 1. The molecule has 0 bridgehead atoms. The van der Waals surface area contributed by atoms with E-state index in [0.29, 0.717) is 12.8 Å². The molecule has 0 rings (SSSR count). The number of allylic oxidation sites excluding steroid dienone is 6. The zero-order valence-electron chi connectivity index (χ0n) is 25.0. The molecule has 0 saturated heterocycles. The van der Waals surface area contributed by atoms with Gasteiger partial charge in [0, 0.05) is 12.8 Å². The van der Waals surface area contributed by atoms with Gasteiger partial charge in [-0.15, -0.1) is 0 Å². The molecule has 0 aliphatic rings. The normalized spacial score (nSPS) is 12.7. The van der Waals surface area contributed by atoms with Gasteiger partial charge in [0.25, 0.3) is 0 Å². The Bertz CT molecular complexity index is 620. The van der Waals surface area contributed by atoms with Crippen molar-refractivity contribution in [2.24, 2.45) is 0 Å². The van der Waals surface area contributed by atoms with Crippen molar-refractivity contribution in [2.75, 3.05) is 0 Å². The van der Waals surface area contributed by atoms with E-state index in [9.17, 15) is 9.59 Å². The quantitative estimate of drug-likeness (QED) is 0.0618. The number of esters is 1. The second-order valence-corrected chi connectivity index (χ2v) is 10.6. The maximum Gasteiger partial charge on any atom is 0.306 e. The van der Waals surface area contributed by atoms with Crippen molar-refractivity contribution in [2.45, 2.75) is 168 Å². The molecule has 0 spiro atoms. The summed E-state index contributed by atoms with van der Waals surface area (Å²) in [4.78, 5) is 23.2. The molecule has 38 heavy (non-hydrogen) atoms. The summed E-state index contributed by atoms with van der Waals surface area (Å²) in [5.74, 6) is -0.824. The summed E-state index contributed by atoms with van der Waals surface area (Å²) < 4.78 is 5.83. The lowest BCUT2D eigenvalue weighted by atomic mass is 10.0. The van der Waals surface area contributed by atoms with Crippen molar-refractivity contribution in [1.29, 1.82) is 0 Å². The van der Waals surface area contributed by atoms with Crippen LogP contribution in [0.3, 0.4) is 0 Å². The number of hydrogen-bond acceptors (Lipinski definition) is 3. The van der Waals surface area contributed by atoms with Gasteiger partial charge in [0.15, 0.2) is 0 Å². The Morgan fingerprint density at radius 3 is 1.74 bits per heavy atom. The van der Waals surface area contributed by atoms with Gasteiger partial charge in [-0.25, -0.2) is 0 Å². The molecule has 0 aromatic rings. The van der Waals surface area contributed by atoms with Gasteiger partial charge < -0.3 is 9.84 Å². The van der Waals surface area contributed by atoms with Crippen molar-refractivity contribution in [1.82, 2.24) is 0 Å². The number of unbranched alkanes of at least 4 members (excludes halogenated alkanes) is 13. The number of carbonyl (C=O) groups excluding carboxylic acids is 1. The first-order valence-corrected chi connectivity index (χ1v) is 16.0. The van der Waals surface area contributed by atoms with Crippen LogP contribution in [0.4, 0.5) is 0 Å². The lowest BCUT2D eigenvalue weighted by Gasteiger charge is -2.18. The summed E-state index contributed by atoms with van der Waals surface area (Å²) in [6.07, 6.45) is 37.2. The molecule has 4 nitrogen and oxygen atoms in total. The fraction of sp³-hybridized carbons (Fsp3) is 0.765. The minimum absolute atomic E-state index is 0.0502. The summed E-state index contributed by atoms with van der Waals surface area (Å²) in [5.41, 5.74) is 0. The summed E-state index contributed by atoms with van der Waals surface area (Å²) >= 11 is 0. The maximum absolute atomic E-state index is 12.4. The number of ether oxygens (including phenoxy) is 1. The molecule has 0 aliphatic carbocycles. The summed E-state index contributed by atoms with van der Waals surface area (Å²) in [7, 11) is 0. The lowest BCUT2D eigenvalue weighted by molar-refractivity contribution is -0.150. The van der Waals surface area contributed by atoms with Gasteiger partial charge >= 0.3 is 11.9 Å². The molecule has 4 heteroatoms. The molecule has 0 fully saturated rings. The number of carbonyl (C=O) groups is 2. The lowest BCUT2D eigenvalue weighted by Crippen LogP contribution is -2.18. The van der Waals surface area contributed by atoms with Crippen LogP contribution >= 0.6 is 0 Å². The van der Waals surface area contributed by atoms with Gasteiger partial charge in [0.2, 0.25) is 0 Å². The van der Waals surface area contributed by atoms with Crippen LogP contribution in [-0.2, 0) is 14.3 Å². The highest BCUT2D eigenvalue weighted by atomic mass is 16.5. The molecule has 0 saturated carbocycles. The molecule has 220 valence electrons. The Morgan fingerprint density at radius 2 is 1.11 bits per heavy atom. The van der Waals surface area contributed by atoms with Crippen LogP contribution in [-0.4, -0.2) is 23.1 Å². The minimum atomic E-state index is -0.749. The first-order valence-electron chi connectivity index (χ1n) is 16.0. The van der Waals surface area contributed by atoms with Crippen LogP contribution in [0.15, 0.2) is 36.5 Å². The van der Waals surface area contributed by atoms with Gasteiger partial charge in [0.1, 0.15) is 6.10 Å². The third-order valence-electron chi connectivity index (χ3n) is 6.88. The third kappa shape index (κ3) is 28.7. The average Bonchev–Trinajstić information content (AvgIpc) is 2.90. The average molecular weight is 533 g/mol. The van der Waals surface area contributed by atoms with Crippen molar-refractivity contribution in [3.63, 3.8) is 0 Å². The summed E-state index contributed by atoms with van der Waals surface area (Å²) in [5, 5.41) is 8.87. The van der Waals surface area contributed by atoms with E-state index in [-0.39, 0.29) is 18.5 Å². The zero-order valence-corrected chi connectivity index (χ0v) is 25.0. The second kappa shape index (κ2) is 29.7. The Hall–Kier alpha value is -1.84. The highest BCUT2D eigenvalue weighted by molar-refractivity contribution is 5.69. The van der Waals surface area contributed by atoms with E-state index >= 15 is 0 Å². The molecule has 0 aromatic heterocycles. The van der Waals surface area contributed by atoms with Gasteiger partial charge in [0.05, 0.1) is 0 Å². The molecule has 1 atom stereocenters. The molecular weight excluding hydrogens is 472 g/mol. The SMILES string of the molecule is CC/C=C\C/C=C\C/C=C\CCCCCCCC(=O)OC(CCCCCCCCCC)CCCCC(=O)O. The first-order chi connectivity index (χ1) is 18.6. The minimum Gasteiger partial charge on any atom is -0.481 e. The number of carboxylic acids is 1. The predicted molar refractivity (Wildman–Crippen MR) is 162 cm³/mol. The molecule has 0 amide bonds. The van der Waals surface area contributed by atoms with Crippen LogP contribution in [0.2, 0.25) is 0 Å². The van der Waals surface area contributed by atoms with Crippen molar-refractivity contribution in [3.8, 4) is 0 Å². The van der Waals surface area contributed by atoms with E-state index in [0.717, 1.165) is 64.2 Å². The fourth-order valence-corrected chi connectivity index (χ4v) is 4.55. The summed E-state index contributed by atoms with van der Waals surface area (Å²) in [6.45, 7) is 4.40. The van der Waals surface area contributed by atoms with Gasteiger partial charge in [-0.1, -0.05) is 115 Å². The molecular formula is C34H60O4. The van der Waals surface area contributed by atoms with E-state index in [4.69, 9.17) is 9.84 Å². The highest BCUT2D eigenvalue weighted by Gasteiger charge is 2.14. The first kappa shape index (κ1) is 36.2. The van der Waals surface area contributed by atoms with E-state index < -0.39 is 5.97 Å². The van der Waals surface area contributed by atoms with E-state index in [1.54, 1.807) is 0 Å². The largest absolute Gasteiger partial charge is 0.481 e. The summed E-state index contributed by atoms with van der Waals surface area (Å²) in [6, 6.07) is 0. The molecule has 0 heterocycles. The van der Waals surface area contributed by atoms with Crippen LogP contribution in [0.1, 0.15) is 162 Å². The van der Waals surface area contributed by atoms with Gasteiger partial charge in [-0.05, 0) is 70.6 Å². The monoisotopic (exact) mass is 532 g/mol. The maximum atomic E-state index is 12.4. The predicted octanol–water partition coefficient (Wildman–Crippen LogP) is 10.7. The van der Waals surface area contributed by atoms with Crippen molar-refractivity contribution < 1.29 is 19.4 Å². The Kier molecular flexibility index (Phi) is 28.3. The molecule has 0 aromatic carbocycles. The smallest absolute Gasteiger partial charge is 0.306 e. The van der Waals surface area contributed by atoms with Crippen LogP contribution in [0.5, 0.6) is 0 Å². The topological polar surface area (TPSA) is 63.6 Å². The zero-order chi connectivity index (χ0) is 27.9. The Balaban J connectivity index is 3.94. The van der Waals surface area contributed by atoms with E-state index in [1.807, 2.05) is 0 Å².